The van der Waals surface area contributed by atoms with E-state index in [9.17, 15) is 4.79 Å². The van der Waals surface area contributed by atoms with Crippen molar-refractivity contribution in [2.75, 3.05) is 0 Å². The molecule has 4 aliphatic carbocycles. The van der Waals surface area contributed by atoms with Crippen molar-refractivity contribution in [1.82, 2.24) is 0 Å². The third-order valence-electron chi connectivity index (χ3n) is 6.92. The van der Waals surface area contributed by atoms with Gasteiger partial charge in [0, 0.05) is 5.41 Å². The van der Waals surface area contributed by atoms with E-state index in [4.69, 9.17) is 0 Å². The first kappa shape index (κ1) is 13.3. The first-order valence-corrected chi connectivity index (χ1v) is 8.27. The average molecular weight is 280 g/mol. The summed E-state index contributed by atoms with van der Waals surface area (Å²) in [6.45, 7) is 7.09. The molecule has 1 heteroatoms. The predicted molar refractivity (Wildman–Crippen MR) is 85.7 cm³/mol. The van der Waals surface area contributed by atoms with Crippen LogP contribution in [0.1, 0.15) is 46.5 Å². The van der Waals surface area contributed by atoms with Crippen LogP contribution in [-0.4, -0.2) is 5.78 Å². The topological polar surface area (TPSA) is 17.1 Å². The number of carbonyl (C=O) groups is 1. The molecule has 0 aromatic carbocycles. The number of rotatable bonds is 0. The Hall–Kier alpha value is -1.37. The van der Waals surface area contributed by atoms with Gasteiger partial charge in [-0.3, -0.25) is 4.79 Å². The van der Waals surface area contributed by atoms with Crippen LogP contribution >= 0.6 is 0 Å². The third-order valence-corrected chi connectivity index (χ3v) is 6.92. The molecular weight excluding hydrogens is 256 g/mol. The molecule has 1 saturated carbocycles. The summed E-state index contributed by atoms with van der Waals surface area (Å²) >= 11 is 0. The molecule has 0 bridgehead atoms. The van der Waals surface area contributed by atoms with Crippen molar-refractivity contribution in [1.29, 1.82) is 0 Å². The fraction of sp³-hybridized carbons (Fsp3) is 0.550. The standard InChI is InChI=1S/C20H24O/c1-13-4-7-17-16-6-5-14-12-15(21)8-10-20(14,3)18(16)9-11-19(13,17)2/h4,8-10,12,16-17H,5-7,11H2,1-3H3/t16?,17?,19-,20+/m1/s1. The monoisotopic (exact) mass is 280 g/mol. The number of hydrogen-bond acceptors (Lipinski definition) is 1. The molecule has 0 saturated heterocycles. The highest BCUT2D eigenvalue weighted by Gasteiger charge is 2.51. The van der Waals surface area contributed by atoms with Crippen LogP contribution in [0.5, 0.6) is 0 Å². The average Bonchev–Trinajstić information content (AvgIpc) is 2.76. The molecule has 2 unspecified atom stereocenters. The quantitative estimate of drug-likeness (QED) is 0.584. The van der Waals surface area contributed by atoms with Gasteiger partial charge in [-0.05, 0) is 68.9 Å². The van der Waals surface area contributed by atoms with Crippen molar-refractivity contribution < 1.29 is 4.79 Å². The summed E-state index contributed by atoms with van der Waals surface area (Å²) in [6, 6.07) is 0. The lowest BCUT2D eigenvalue weighted by Crippen LogP contribution is -2.42. The molecule has 0 radical (unpaired) electrons. The van der Waals surface area contributed by atoms with Crippen LogP contribution in [0.25, 0.3) is 0 Å². The molecular formula is C20H24O. The summed E-state index contributed by atoms with van der Waals surface area (Å²) in [7, 11) is 0. The van der Waals surface area contributed by atoms with Crippen LogP contribution in [0.3, 0.4) is 0 Å². The maximum Gasteiger partial charge on any atom is 0.178 e. The smallest absolute Gasteiger partial charge is 0.178 e. The zero-order valence-corrected chi connectivity index (χ0v) is 13.3. The second-order valence-electron chi connectivity index (χ2n) is 7.76. The highest BCUT2D eigenvalue weighted by atomic mass is 16.1. The number of carbonyl (C=O) groups excluding carboxylic acids is 1. The van der Waals surface area contributed by atoms with Crippen molar-refractivity contribution in [2.24, 2.45) is 22.7 Å². The van der Waals surface area contributed by atoms with E-state index < -0.39 is 0 Å². The van der Waals surface area contributed by atoms with E-state index >= 15 is 0 Å². The summed E-state index contributed by atoms with van der Waals surface area (Å²) in [5, 5.41) is 0. The van der Waals surface area contributed by atoms with E-state index in [1.807, 2.05) is 6.08 Å². The van der Waals surface area contributed by atoms with E-state index in [1.165, 1.54) is 18.4 Å². The molecule has 4 atom stereocenters. The van der Waals surface area contributed by atoms with Crippen LogP contribution in [0.2, 0.25) is 0 Å². The Morgan fingerprint density at radius 3 is 2.86 bits per heavy atom. The summed E-state index contributed by atoms with van der Waals surface area (Å²) in [5.41, 5.74) is 4.90. The first-order valence-electron chi connectivity index (χ1n) is 8.27. The molecule has 0 aliphatic heterocycles. The van der Waals surface area contributed by atoms with Gasteiger partial charge in [0.15, 0.2) is 5.78 Å². The fourth-order valence-corrected chi connectivity index (χ4v) is 5.30. The molecule has 1 fully saturated rings. The normalized spacial score (nSPS) is 44.3. The third kappa shape index (κ3) is 1.61. The van der Waals surface area contributed by atoms with Gasteiger partial charge in [-0.25, -0.2) is 0 Å². The Balaban J connectivity index is 1.79. The van der Waals surface area contributed by atoms with Crippen LogP contribution in [0, 0.1) is 22.7 Å². The Bertz CT molecular complexity index is 645. The van der Waals surface area contributed by atoms with Gasteiger partial charge in [0.25, 0.3) is 0 Å². The Labute approximate surface area is 127 Å². The maximum absolute atomic E-state index is 11.7. The molecule has 0 aromatic rings. The molecule has 0 spiro atoms. The van der Waals surface area contributed by atoms with Crippen molar-refractivity contribution in [2.45, 2.75) is 46.5 Å². The molecule has 110 valence electrons. The number of allylic oxidation sites excluding steroid dienone is 8. The van der Waals surface area contributed by atoms with E-state index in [-0.39, 0.29) is 11.2 Å². The largest absolute Gasteiger partial charge is 0.290 e. The SMILES string of the molecule is CC1=CCC2C3CCC4=CC(=O)C=C[C@]4(C)C3=CC[C@]12C. The summed E-state index contributed by atoms with van der Waals surface area (Å²) < 4.78 is 0. The second kappa shape index (κ2) is 4.09. The van der Waals surface area contributed by atoms with Gasteiger partial charge >= 0.3 is 0 Å². The predicted octanol–water partition coefficient (Wildman–Crippen LogP) is 4.77. The van der Waals surface area contributed by atoms with Gasteiger partial charge in [0.05, 0.1) is 0 Å². The molecule has 0 aromatic heterocycles. The van der Waals surface area contributed by atoms with Gasteiger partial charge in [-0.2, -0.15) is 0 Å². The highest BCUT2D eigenvalue weighted by Crippen LogP contribution is 2.62. The lowest BCUT2D eigenvalue weighted by Gasteiger charge is -2.51. The summed E-state index contributed by atoms with van der Waals surface area (Å²) in [4.78, 5) is 11.7. The zero-order valence-electron chi connectivity index (χ0n) is 13.3. The van der Waals surface area contributed by atoms with Gasteiger partial charge in [-0.15, -0.1) is 0 Å². The molecule has 1 nitrogen and oxygen atoms in total. The van der Waals surface area contributed by atoms with Crippen LogP contribution in [0.4, 0.5) is 0 Å². The summed E-state index contributed by atoms with van der Waals surface area (Å²) in [6.07, 6.45) is 15.5. The highest BCUT2D eigenvalue weighted by molar-refractivity contribution is 6.01. The Morgan fingerprint density at radius 2 is 2.05 bits per heavy atom. The molecule has 0 N–H and O–H groups in total. The van der Waals surface area contributed by atoms with Crippen molar-refractivity contribution in [3.63, 3.8) is 0 Å². The molecule has 21 heavy (non-hydrogen) atoms. The van der Waals surface area contributed by atoms with Gasteiger partial charge in [-0.1, -0.05) is 41.9 Å². The van der Waals surface area contributed by atoms with Gasteiger partial charge < -0.3 is 0 Å². The van der Waals surface area contributed by atoms with Gasteiger partial charge in [0.2, 0.25) is 0 Å². The summed E-state index contributed by atoms with van der Waals surface area (Å²) in [5.74, 6) is 1.62. The lowest BCUT2D eigenvalue weighted by molar-refractivity contribution is -0.110. The van der Waals surface area contributed by atoms with E-state index in [0.29, 0.717) is 11.3 Å². The van der Waals surface area contributed by atoms with Crippen LogP contribution in [0.15, 0.2) is 47.1 Å². The number of hydrogen-bond donors (Lipinski definition) is 0. The molecule has 4 aliphatic rings. The minimum Gasteiger partial charge on any atom is -0.290 e. The fourth-order valence-electron chi connectivity index (χ4n) is 5.30. The molecule has 0 amide bonds. The van der Waals surface area contributed by atoms with E-state index in [0.717, 1.165) is 18.8 Å². The minimum atomic E-state index is 0.00858. The van der Waals surface area contributed by atoms with Crippen LogP contribution in [-0.2, 0) is 4.79 Å². The first-order chi connectivity index (χ1) is 9.95. The van der Waals surface area contributed by atoms with Crippen molar-refractivity contribution >= 4 is 5.78 Å². The van der Waals surface area contributed by atoms with Crippen LogP contribution < -0.4 is 0 Å². The zero-order chi connectivity index (χ0) is 14.8. The van der Waals surface area contributed by atoms with Crippen molar-refractivity contribution in [3.8, 4) is 0 Å². The lowest BCUT2D eigenvalue weighted by atomic mass is 9.52. The molecule has 4 rings (SSSR count). The maximum atomic E-state index is 11.7. The number of fused-ring (bicyclic) bond motifs is 5. The van der Waals surface area contributed by atoms with E-state index in [1.54, 1.807) is 17.2 Å². The number of ketones is 1. The van der Waals surface area contributed by atoms with Gasteiger partial charge in [0.1, 0.15) is 0 Å². The molecule has 0 heterocycles. The second-order valence-corrected chi connectivity index (χ2v) is 7.76. The minimum absolute atomic E-state index is 0.00858. The Morgan fingerprint density at radius 1 is 1.24 bits per heavy atom. The Kier molecular flexibility index (Phi) is 2.59. The van der Waals surface area contributed by atoms with Crippen molar-refractivity contribution in [3.05, 3.63) is 47.1 Å². The van der Waals surface area contributed by atoms with E-state index in [2.05, 4.69) is 39.0 Å².